The number of hydrogen-bond donors (Lipinski definition) is 1. The van der Waals surface area contributed by atoms with Crippen molar-refractivity contribution in [2.75, 3.05) is 7.05 Å². The van der Waals surface area contributed by atoms with E-state index in [9.17, 15) is 9.59 Å². The average Bonchev–Trinajstić information content (AvgIpc) is 2.76. The normalized spacial score (nSPS) is 11.6. The fourth-order valence-electron chi connectivity index (χ4n) is 3.48. The maximum atomic E-state index is 13.4. The molecule has 0 radical (unpaired) electrons. The Bertz CT molecular complexity index is 1040. The van der Waals surface area contributed by atoms with Crippen molar-refractivity contribution in [2.45, 2.75) is 25.4 Å². The molecule has 0 saturated heterocycles. The van der Waals surface area contributed by atoms with Crippen molar-refractivity contribution in [3.05, 3.63) is 106 Å². The zero-order chi connectivity index (χ0) is 22.2. The van der Waals surface area contributed by atoms with Crippen molar-refractivity contribution in [1.82, 2.24) is 10.2 Å². The molecule has 2 amide bonds. The number of amides is 2. The Morgan fingerprint density at radius 3 is 2.03 bits per heavy atom. The van der Waals surface area contributed by atoms with Crippen LogP contribution in [0.1, 0.15) is 16.7 Å². The van der Waals surface area contributed by atoms with Gasteiger partial charge in [-0.05, 0) is 41.0 Å². The maximum Gasteiger partial charge on any atom is 0.242 e. The van der Waals surface area contributed by atoms with Gasteiger partial charge in [0.05, 0.1) is 6.42 Å². The van der Waals surface area contributed by atoms with E-state index < -0.39 is 6.04 Å². The van der Waals surface area contributed by atoms with E-state index >= 15 is 0 Å². The largest absolute Gasteiger partial charge is 0.357 e. The van der Waals surface area contributed by atoms with Crippen molar-refractivity contribution in [3.63, 3.8) is 0 Å². The first-order valence-corrected chi connectivity index (χ1v) is 10.8. The van der Waals surface area contributed by atoms with E-state index in [0.29, 0.717) is 16.5 Å². The molecule has 3 aromatic carbocycles. The van der Waals surface area contributed by atoms with E-state index in [4.69, 9.17) is 23.2 Å². The summed E-state index contributed by atoms with van der Waals surface area (Å²) in [4.78, 5) is 27.9. The fraction of sp³-hybridized carbons (Fsp3) is 0.200. The first-order valence-electron chi connectivity index (χ1n) is 10.00. The van der Waals surface area contributed by atoms with Crippen LogP contribution in [0.4, 0.5) is 0 Å². The third kappa shape index (κ3) is 6.58. The summed E-state index contributed by atoms with van der Waals surface area (Å²) >= 11 is 12.3. The molecule has 4 nitrogen and oxygen atoms in total. The van der Waals surface area contributed by atoms with Gasteiger partial charge in [0.25, 0.3) is 0 Å². The summed E-state index contributed by atoms with van der Waals surface area (Å²) in [6.45, 7) is 0.269. The third-order valence-corrected chi connectivity index (χ3v) is 5.47. The highest BCUT2D eigenvalue weighted by Crippen LogP contribution is 2.19. The third-order valence-electron chi connectivity index (χ3n) is 5.00. The Morgan fingerprint density at radius 2 is 1.42 bits per heavy atom. The lowest BCUT2D eigenvalue weighted by Gasteiger charge is -2.31. The molecule has 3 aromatic rings. The Morgan fingerprint density at radius 1 is 0.839 bits per heavy atom. The highest BCUT2D eigenvalue weighted by molar-refractivity contribution is 6.30. The van der Waals surface area contributed by atoms with Gasteiger partial charge in [0.1, 0.15) is 6.04 Å². The molecule has 1 unspecified atom stereocenters. The van der Waals surface area contributed by atoms with Crippen LogP contribution in [0.15, 0.2) is 78.9 Å². The van der Waals surface area contributed by atoms with Crippen LogP contribution >= 0.6 is 23.2 Å². The van der Waals surface area contributed by atoms with Crippen LogP contribution < -0.4 is 5.32 Å². The molecule has 0 heterocycles. The number of carbonyl (C=O) groups is 2. The lowest BCUT2D eigenvalue weighted by atomic mass is 10.0. The fourth-order valence-corrected chi connectivity index (χ4v) is 3.90. The molecule has 0 fully saturated rings. The second-order valence-electron chi connectivity index (χ2n) is 7.28. The van der Waals surface area contributed by atoms with E-state index in [0.717, 1.165) is 16.7 Å². The Kier molecular flexibility index (Phi) is 8.10. The van der Waals surface area contributed by atoms with Gasteiger partial charge >= 0.3 is 0 Å². The zero-order valence-corrected chi connectivity index (χ0v) is 18.7. The Balaban J connectivity index is 1.94. The van der Waals surface area contributed by atoms with Crippen LogP contribution in [0.2, 0.25) is 10.0 Å². The van der Waals surface area contributed by atoms with Crippen molar-refractivity contribution in [1.29, 1.82) is 0 Å². The van der Waals surface area contributed by atoms with E-state index in [1.54, 1.807) is 30.1 Å². The van der Waals surface area contributed by atoms with Gasteiger partial charge in [0.2, 0.25) is 11.8 Å². The predicted molar refractivity (Wildman–Crippen MR) is 125 cm³/mol. The van der Waals surface area contributed by atoms with E-state index in [-0.39, 0.29) is 24.8 Å². The molecular weight excluding hydrogens is 431 g/mol. The number of nitrogens with zero attached hydrogens (tertiary/aromatic N) is 1. The molecule has 0 spiro atoms. The number of rotatable bonds is 8. The minimum atomic E-state index is -0.668. The first kappa shape index (κ1) is 22.9. The smallest absolute Gasteiger partial charge is 0.242 e. The minimum Gasteiger partial charge on any atom is -0.357 e. The predicted octanol–water partition coefficient (Wildman–Crippen LogP) is 4.92. The van der Waals surface area contributed by atoms with Crippen LogP contribution in [0, 0.1) is 0 Å². The van der Waals surface area contributed by atoms with Gasteiger partial charge in [-0.3, -0.25) is 9.59 Å². The summed E-state index contributed by atoms with van der Waals surface area (Å²) < 4.78 is 0. The van der Waals surface area contributed by atoms with Crippen molar-refractivity contribution in [3.8, 4) is 0 Å². The second-order valence-corrected chi connectivity index (χ2v) is 8.15. The van der Waals surface area contributed by atoms with Gasteiger partial charge in [0, 0.05) is 30.1 Å². The second kappa shape index (κ2) is 11.0. The molecule has 1 atom stereocenters. The first-order chi connectivity index (χ1) is 15.0. The topological polar surface area (TPSA) is 49.4 Å². The SMILES string of the molecule is CNC(=O)C(Cc1ccccc1)N(Cc1cccc(Cl)c1)C(=O)Cc1cccc(Cl)c1. The lowest BCUT2D eigenvalue weighted by molar-refractivity contribution is -0.140. The molecule has 0 aliphatic heterocycles. The van der Waals surface area contributed by atoms with Crippen LogP contribution in [0.3, 0.4) is 0 Å². The van der Waals surface area contributed by atoms with Gasteiger partial charge < -0.3 is 10.2 Å². The highest BCUT2D eigenvalue weighted by atomic mass is 35.5. The van der Waals surface area contributed by atoms with Crippen LogP contribution in [-0.4, -0.2) is 29.8 Å². The van der Waals surface area contributed by atoms with Crippen molar-refractivity contribution in [2.24, 2.45) is 0 Å². The molecule has 3 rings (SSSR count). The van der Waals surface area contributed by atoms with E-state index in [1.807, 2.05) is 60.7 Å². The zero-order valence-electron chi connectivity index (χ0n) is 17.2. The summed E-state index contributed by atoms with van der Waals surface area (Å²) in [6.07, 6.45) is 0.547. The van der Waals surface area contributed by atoms with Crippen molar-refractivity contribution < 1.29 is 9.59 Å². The molecular formula is C25H24Cl2N2O2. The van der Waals surface area contributed by atoms with Gasteiger partial charge in [-0.15, -0.1) is 0 Å². The van der Waals surface area contributed by atoms with Crippen LogP contribution in [-0.2, 0) is 29.0 Å². The van der Waals surface area contributed by atoms with Crippen molar-refractivity contribution >= 4 is 35.0 Å². The molecule has 1 N–H and O–H groups in total. The summed E-state index contributed by atoms with van der Waals surface area (Å²) in [5.74, 6) is -0.378. The summed E-state index contributed by atoms with van der Waals surface area (Å²) in [7, 11) is 1.58. The quantitative estimate of drug-likeness (QED) is 0.524. The lowest BCUT2D eigenvalue weighted by Crippen LogP contribution is -2.50. The molecule has 31 heavy (non-hydrogen) atoms. The molecule has 0 bridgehead atoms. The van der Waals surface area contributed by atoms with Gasteiger partial charge in [-0.25, -0.2) is 0 Å². The van der Waals surface area contributed by atoms with E-state index in [1.165, 1.54) is 0 Å². The number of nitrogens with one attached hydrogen (secondary N) is 1. The number of benzene rings is 3. The number of carbonyl (C=O) groups excluding carboxylic acids is 2. The van der Waals surface area contributed by atoms with E-state index in [2.05, 4.69) is 5.32 Å². The van der Waals surface area contributed by atoms with Gasteiger partial charge in [-0.1, -0.05) is 77.8 Å². The molecule has 160 valence electrons. The highest BCUT2D eigenvalue weighted by Gasteiger charge is 2.29. The van der Waals surface area contributed by atoms with Gasteiger partial charge in [0.15, 0.2) is 0 Å². The average molecular weight is 455 g/mol. The number of halogens is 2. The standard InChI is InChI=1S/C25H24Cl2N2O2/c1-28-25(31)23(15-18-7-3-2-4-8-18)29(17-20-10-6-12-22(27)14-20)24(30)16-19-9-5-11-21(26)13-19/h2-14,23H,15-17H2,1H3,(H,28,31). The Hall–Kier alpha value is -2.82. The maximum absolute atomic E-state index is 13.4. The molecule has 0 aliphatic carbocycles. The van der Waals surface area contributed by atoms with Gasteiger partial charge in [-0.2, -0.15) is 0 Å². The summed E-state index contributed by atoms with van der Waals surface area (Å²) in [5, 5.41) is 3.86. The molecule has 0 saturated carbocycles. The number of hydrogen-bond acceptors (Lipinski definition) is 2. The Labute approximate surface area is 192 Å². The number of likely N-dealkylation sites (N-methyl/N-ethyl adjacent to an activating group) is 1. The summed E-state index contributed by atoms with van der Waals surface area (Å²) in [5.41, 5.74) is 2.63. The molecule has 6 heteroatoms. The summed E-state index contributed by atoms with van der Waals surface area (Å²) in [6, 6.07) is 23.5. The molecule has 0 aromatic heterocycles. The minimum absolute atomic E-state index is 0.142. The van der Waals surface area contributed by atoms with Crippen LogP contribution in [0.25, 0.3) is 0 Å². The monoisotopic (exact) mass is 454 g/mol. The molecule has 0 aliphatic rings. The van der Waals surface area contributed by atoms with Crippen LogP contribution in [0.5, 0.6) is 0 Å².